The SMILES string of the molecule is CCC(N)Cc1ccc(Sc2cc(C)ccc2C)cc1C. The molecule has 0 aliphatic carbocycles. The van der Waals surface area contributed by atoms with Crippen molar-refractivity contribution in [3.05, 3.63) is 58.7 Å². The van der Waals surface area contributed by atoms with Crippen molar-refractivity contribution in [2.45, 2.75) is 56.4 Å². The van der Waals surface area contributed by atoms with E-state index in [9.17, 15) is 0 Å². The highest BCUT2D eigenvalue weighted by molar-refractivity contribution is 7.99. The molecule has 1 atom stereocenters. The van der Waals surface area contributed by atoms with Crippen LogP contribution < -0.4 is 5.73 Å². The summed E-state index contributed by atoms with van der Waals surface area (Å²) in [5, 5.41) is 0. The summed E-state index contributed by atoms with van der Waals surface area (Å²) >= 11 is 1.84. The molecule has 2 N–H and O–H groups in total. The van der Waals surface area contributed by atoms with Gasteiger partial charge in [0, 0.05) is 15.8 Å². The lowest BCUT2D eigenvalue weighted by atomic mass is 10.0. The van der Waals surface area contributed by atoms with Gasteiger partial charge in [0.25, 0.3) is 0 Å². The van der Waals surface area contributed by atoms with Gasteiger partial charge in [0.2, 0.25) is 0 Å². The molecular formula is C19H25NS. The van der Waals surface area contributed by atoms with Crippen LogP contribution in [0, 0.1) is 20.8 Å². The maximum Gasteiger partial charge on any atom is 0.0154 e. The molecule has 0 aliphatic heterocycles. The van der Waals surface area contributed by atoms with Gasteiger partial charge in [-0.3, -0.25) is 0 Å². The standard InChI is InChI=1S/C19H25NS/c1-5-17(20)12-16-8-9-18(11-15(16)4)21-19-10-13(2)6-7-14(19)3/h6-11,17H,5,12,20H2,1-4H3. The third-order valence-corrected chi connectivity index (χ3v) is 5.04. The summed E-state index contributed by atoms with van der Waals surface area (Å²) < 4.78 is 0. The van der Waals surface area contributed by atoms with Gasteiger partial charge in [-0.1, -0.05) is 36.9 Å². The maximum atomic E-state index is 6.07. The molecule has 0 spiro atoms. The van der Waals surface area contributed by atoms with E-state index in [-0.39, 0.29) is 6.04 Å². The fraction of sp³-hybridized carbons (Fsp3) is 0.368. The summed E-state index contributed by atoms with van der Waals surface area (Å²) in [5.74, 6) is 0. The lowest BCUT2D eigenvalue weighted by Crippen LogP contribution is -2.21. The Bertz CT molecular complexity index is 619. The topological polar surface area (TPSA) is 26.0 Å². The fourth-order valence-corrected chi connectivity index (χ4v) is 3.43. The minimum Gasteiger partial charge on any atom is -0.327 e. The van der Waals surface area contributed by atoms with Crippen LogP contribution in [0.1, 0.15) is 35.6 Å². The van der Waals surface area contributed by atoms with Gasteiger partial charge in [-0.05, 0) is 74.1 Å². The summed E-state index contributed by atoms with van der Waals surface area (Å²) in [6, 6.07) is 13.6. The molecule has 1 nitrogen and oxygen atoms in total. The minimum atomic E-state index is 0.265. The number of rotatable bonds is 5. The largest absolute Gasteiger partial charge is 0.327 e. The van der Waals surface area contributed by atoms with Gasteiger partial charge >= 0.3 is 0 Å². The lowest BCUT2D eigenvalue weighted by Gasteiger charge is -2.13. The summed E-state index contributed by atoms with van der Waals surface area (Å²) in [6.45, 7) is 8.64. The monoisotopic (exact) mass is 299 g/mol. The Kier molecular flexibility index (Phi) is 5.49. The first-order valence-corrected chi connectivity index (χ1v) is 8.41. The minimum absolute atomic E-state index is 0.265. The second kappa shape index (κ2) is 7.15. The van der Waals surface area contributed by atoms with Gasteiger partial charge in [0.05, 0.1) is 0 Å². The average Bonchev–Trinajstić information content (AvgIpc) is 2.45. The third-order valence-electron chi connectivity index (χ3n) is 3.89. The molecule has 0 bridgehead atoms. The van der Waals surface area contributed by atoms with Crippen LogP contribution in [0.2, 0.25) is 0 Å². The van der Waals surface area contributed by atoms with E-state index in [0.717, 1.165) is 12.8 Å². The zero-order valence-electron chi connectivity index (χ0n) is 13.4. The molecule has 0 saturated carbocycles. The van der Waals surface area contributed by atoms with Crippen LogP contribution in [0.3, 0.4) is 0 Å². The number of aryl methyl sites for hydroxylation is 3. The first kappa shape index (κ1) is 16.1. The Hall–Kier alpha value is -1.25. The van der Waals surface area contributed by atoms with Crippen molar-refractivity contribution in [3.8, 4) is 0 Å². The lowest BCUT2D eigenvalue weighted by molar-refractivity contribution is 0.644. The molecule has 0 amide bonds. The van der Waals surface area contributed by atoms with E-state index in [0.29, 0.717) is 0 Å². The predicted molar refractivity (Wildman–Crippen MR) is 93.2 cm³/mol. The smallest absolute Gasteiger partial charge is 0.0154 e. The van der Waals surface area contributed by atoms with Crippen LogP contribution in [0.15, 0.2) is 46.2 Å². The quantitative estimate of drug-likeness (QED) is 0.836. The van der Waals surface area contributed by atoms with Gasteiger partial charge in [0.15, 0.2) is 0 Å². The van der Waals surface area contributed by atoms with Crippen molar-refractivity contribution >= 4 is 11.8 Å². The van der Waals surface area contributed by atoms with Crippen LogP contribution in [0.25, 0.3) is 0 Å². The maximum absolute atomic E-state index is 6.07. The number of hydrogen-bond donors (Lipinski definition) is 1. The van der Waals surface area contributed by atoms with Crippen molar-refractivity contribution < 1.29 is 0 Å². The number of nitrogens with two attached hydrogens (primary N) is 1. The van der Waals surface area contributed by atoms with Crippen molar-refractivity contribution in [2.75, 3.05) is 0 Å². The average molecular weight is 299 g/mol. The van der Waals surface area contributed by atoms with Gasteiger partial charge in [-0.2, -0.15) is 0 Å². The molecule has 0 heterocycles. The number of benzene rings is 2. The first-order valence-electron chi connectivity index (χ1n) is 7.59. The number of hydrogen-bond acceptors (Lipinski definition) is 2. The first-order chi connectivity index (χ1) is 9.99. The highest BCUT2D eigenvalue weighted by Crippen LogP contribution is 2.32. The summed E-state index contributed by atoms with van der Waals surface area (Å²) in [5.41, 5.74) is 11.4. The van der Waals surface area contributed by atoms with E-state index in [1.807, 2.05) is 11.8 Å². The van der Waals surface area contributed by atoms with Gasteiger partial charge in [0.1, 0.15) is 0 Å². The van der Waals surface area contributed by atoms with Gasteiger partial charge in [-0.15, -0.1) is 0 Å². The fourth-order valence-electron chi connectivity index (χ4n) is 2.33. The van der Waals surface area contributed by atoms with Crippen LogP contribution in [-0.4, -0.2) is 6.04 Å². The molecule has 2 rings (SSSR count). The van der Waals surface area contributed by atoms with Crippen molar-refractivity contribution in [1.29, 1.82) is 0 Å². The molecule has 0 saturated heterocycles. The van der Waals surface area contributed by atoms with Crippen molar-refractivity contribution in [2.24, 2.45) is 5.73 Å². The molecule has 1 unspecified atom stereocenters. The summed E-state index contributed by atoms with van der Waals surface area (Å²) in [6.07, 6.45) is 2.00. The van der Waals surface area contributed by atoms with Gasteiger partial charge in [-0.25, -0.2) is 0 Å². The zero-order valence-corrected chi connectivity index (χ0v) is 14.3. The second-order valence-corrected chi connectivity index (χ2v) is 6.95. The summed E-state index contributed by atoms with van der Waals surface area (Å²) in [4.78, 5) is 2.64. The Balaban J connectivity index is 2.18. The molecule has 21 heavy (non-hydrogen) atoms. The molecular weight excluding hydrogens is 274 g/mol. The van der Waals surface area contributed by atoms with E-state index in [1.54, 1.807) is 0 Å². The molecule has 2 aromatic carbocycles. The molecule has 2 heteroatoms. The molecule has 0 fully saturated rings. The van der Waals surface area contributed by atoms with Crippen LogP contribution in [-0.2, 0) is 6.42 Å². The van der Waals surface area contributed by atoms with Crippen LogP contribution in [0.4, 0.5) is 0 Å². The Morgan fingerprint density at radius 2 is 1.76 bits per heavy atom. The van der Waals surface area contributed by atoms with E-state index in [1.165, 1.54) is 32.0 Å². The van der Waals surface area contributed by atoms with E-state index in [4.69, 9.17) is 5.73 Å². The van der Waals surface area contributed by atoms with E-state index in [2.05, 4.69) is 64.1 Å². The third kappa shape index (κ3) is 4.36. The predicted octanol–water partition coefficient (Wildman–Crippen LogP) is 5.04. The van der Waals surface area contributed by atoms with Crippen LogP contribution >= 0.6 is 11.8 Å². The molecule has 2 aromatic rings. The van der Waals surface area contributed by atoms with Gasteiger partial charge < -0.3 is 5.73 Å². The zero-order chi connectivity index (χ0) is 15.4. The van der Waals surface area contributed by atoms with E-state index >= 15 is 0 Å². The molecule has 112 valence electrons. The normalized spacial score (nSPS) is 12.4. The Labute approximate surface area is 133 Å². The molecule has 0 aliphatic rings. The Morgan fingerprint density at radius 3 is 2.43 bits per heavy atom. The van der Waals surface area contributed by atoms with E-state index < -0.39 is 0 Å². The summed E-state index contributed by atoms with van der Waals surface area (Å²) in [7, 11) is 0. The van der Waals surface area contributed by atoms with Crippen LogP contribution in [0.5, 0.6) is 0 Å². The second-order valence-electron chi connectivity index (χ2n) is 5.83. The highest BCUT2D eigenvalue weighted by Gasteiger charge is 2.07. The molecule has 0 radical (unpaired) electrons. The van der Waals surface area contributed by atoms with Crippen molar-refractivity contribution in [1.82, 2.24) is 0 Å². The van der Waals surface area contributed by atoms with Crippen molar-refractivity contribution in [3.63, 3.8) is 0 Å². The highest BCUT2D eigenvalue weighted by atomic mass is 32.2. The molecule has 0 aromatic heterocycles. The Morgan fingerprint density at radius 1 is 1.00 bits per heavy atom.